The van der Waals surface area contributed by atoms with Crippen LogP contribution in [0.1, 0.15) is 0 Å². The fraction of sp³-hybridized carbons (Fsp3) is 0. The molecular formula is C47H28N10. The zero-order valence-corrected chi connectivity index (χ0v) is 30.1. The molecule has 0 N–H and O–H groups in total. The summed E-state index contributed by atoms with van der Waals surface area (Å²) in [6.07, 6.45) is 0. The van der Waals surface area contributed by atoms with Gasteiger partial charge < -0.3 is 0 Å². The number of benzene rings is 7. The first-order chi connectivity index (χ1) is 28.3. The Morgan fingerprint density at radius 3 is 1.32 bits per heavy atom. The molecule has 0 saturated carbocycles. The van der Waals surface area contributed by atoms with Crippen molar-refractivity contribution in [2.45, 2.75) is 0 Å². The molecule has 0 radical (unpaired) electrons. The van der Waals surface area contributed by atoms with Crippen LogP contribution in [0, 0.1) is 0 Å². The second kappa shape index (κ2) is 11.2. The molecule has 0 aliphatic carbocycles. The van der Waals surface area contributed by atoms with Crippen molar-refractivity contribution in [1.82, 2.24) is 47.4 Å². The van der Waals surface area contributed by atoms with Crippen LogP contribution < -0.4 is 0 Å². The first kappa shape index (κ1) is 30.2. The summed E-state index contributed by atoms with van der Waals surface area (Å²) in [7, 11) is 0. The number of fused-ring (bicyclic) bond motifs is 13. The summed E-state index contributed by atoms with van der Waals surface area (Å²) < 4.78 is 10.9. The SMILES string of the molecule is c1ccc(-n2c3ccccc3n3c4ccccc4nc23)c(-c2nc(-n3c4ccccc4c4ccccc43)nc(-n3c4ccccc4n4c5ccccc5nc34)n2)c1. The number of aromatic nitrogens is 10. The van der Waals surface area contributed by atoms with Gasteiger partial charge in [0.1, 0.15) is 0 Å². The van der Waals surface area contributed by atoms with Crippen LogP contribution in [0.3, 0.4) is 0 Å². The quantitative estimate of drug-likeness (QED) is 0.180. The maximum absolute atomic E-state index is 5.39. The molecule has 13 aromatic rings. The third kappa shape index (κ3) is 4.10. The number of hydrogen-bond donors (Lipinski definition) is 0. The van der Waals surface area contributed by atoms with Crippen LogP contribution in [0.15, 0.2) is 170 Å². The zero-order valence-electron chi connectivity index (χ0n) is 30.1. The van der Waals surface area contributed by atoms with Crippen molar-refractivity contribution in [3.8, 4) is 29.0 Å². The Morgan fingerprint density at radius 2 is 0.719 bits per heavy atom. The molecule has 13 rings (SSSR count). The predicted octanol–water partition coefficient (Wildman–Crippen LogP) is 10.1. The smallest absolute Gasteiger partial charge is 0.242 e. The van der Waals surface area contributed by atoms with E-state index in [2.05, 4.69) is 156 Å². The number of para-hydroxylation sites is 11. The van der Waals surface area contributed by atoms with E-state index in [9.17, 15) is 0 Å². The van der Waals surface area contributed by atoms with Crippen molar-refractivity contribution < 1.29 is 0 Å². The van der Waals surface area contributed by atoms with Gasteiger partial charge in [-0.05, 0) is 72.8 Å². The molecule has 0 aliphatic rings. The lowest BCUT2D eigenvalue weighted by atomic mass is 10.1. The second-order valence-electron chi connectivity index (χ2n) is 14.3. The summed E-state index contributed by atoms with van der Waals surface area (Å²) in [6.45, 7) is 0. The largest absolute Gasteiger partial charge is 0.278 e. The summed E-state index contributed by atoms with van der Waals surface area (Å²) in [5.74, 6) is 3.01. The van der Waals surface area contributed by atoms with E-state index < -0.39 is 0 Å². The molecule has 7 aromatic carbocycles. The topological polar surface area (TPSA) is 88.1 Å². The van der Waals surface area contributed by atoms with Crippen molar-refractivity contribution >= 4 is 77.5 Å². The van der Waals surface area contributed by atoms with Gasteiger partial charge in [0.25, 0.3) is 0 Å². The van der Waals surface area contributed by atoms with E-state index in [1.807, 2.05) is 36.4 Å². The molecule has 6 heterocycles. The van der Waals surface area contributed by atoms with Gasteiger partial charge in [-0.25, -0.2) is 14.5 Å². The molecule has 0 saturated heterocycles. The average Bonchev–Trinajstić information content (AvgIpc) is 4.06. The first-order valence-electron chi connectivity index (χ1n) is 18.9. The number of nitrogens with zero attached hydrogens (tertiary/aromatic N) is 10. The van der Waals surface area contributed by atoms with Gasteiger partial charge in [0.15, 0.2) is 5.82 Å². The van der Waals surface area contributed by atoms with Gasteiger partial charge in [0.2, 0.25) is 23.5 Å². The molecule has 10 nitrogen and oxygen atoms in total. The minimum absolute atomic E-state index is 0.460. The first-order valence-corrected chi connectivity index (χ1v) is 18.9. The van der Waals surface area contributed by atoms with Gasteiger partial charge in [-0.1, -0.05) is 97.1 Å². The standard InChI is InChI=1S/C47H28N10/c1-6-20-34-29(15-1)30-16-2-7-21-35(30)53(34)44-50-43(51-45(52-44)57-42-28-14-13-27-41(42)56-38-24-10-5-19-33(38)49-47(56)57)31-17-3-8-22-36(31)54-39-25-11-12-26-40(39)55-37-23-9-4-18-32(37)48-46(54)55/h1-28H. The van der Waals surface area contributed by atoms with Gasteiger partial charge in [-0.3, -0.25) is 17.9 Å². The fourth-order valence-electron chi connectivity index (χ4n) is 8.81. The monoisotopic (exact) mass is 732 g/mol. The van der Waals surface area contributed by atoms with Crippen molar-refractivity contribution in [3.63, 3.8) is 0 Å². The van der Waals surface area contributed by atoms with E-state index in [1.54, 1.807) is 0 Å². The summed E-state index contributed by atoms with van der Waals surface area (Å²) in [4.78, 5) is 26.5. The molecule has 0 amide bonds. The van der Waals surface area contributed by atoms with Crippen molar-refractivity contribution in [1.29, 1.82) is 0 Å². The van der Waals surface area contributed by atoms with E-state index in [0.29, 0.717) is 17.7 Å². The normalized spacial score (nSPS) is 12.2. The molecule has 10 heteroatoms. The average molecular weight is 733 g/mol. The highest BCUT2D eigenvalue weighted by atomic mass is 15.3. The lowest BCUT2D eigenvalue weighted by Gasteiger charge is -2.14. The molecule has 0 aliphatic heterocycles. The molecule has 57 heavy (non-hydrogen) atoms. The molecule has 0 unspecified atom stereocenters. The lowest BCUT2D eigenvalue weighted by molar-refractivity contribution is 0.883. The van der Waals surface area contributed by atoms with Crippen molar-refractivity contribution in [2.24, 2.45) is 0 Å². The van der Waals surface area contributed by atoms with E-state index in [-0.39, 0.29) is 0 Å². The number of rotatable bonds is 4. The van der Waals surface area contributed by atoms with Gasteiger partial charge in [-0.2, -0.15) is 15.0 Å². The molecule has 6 aromatic heterocycles. The maximum Gasteiger partial charge on any atom is 0.242 e. The fourth-order valence-corrected chi connectivity index (χ4v) is 8.81. The lowest BCUT2D eigenvalue weighted by Crippen LogP contribution is -2.11. The van der Waals surface area contributed by atoms with Gasteiger partial charge in [0, 0.05) is 16.3 Å². The zero-order chi connectivity index (χ0) is 37.2. The summed E-state index contributed by atoms with van der Waals surface area (Å²) in [6, 6.07) is 58.4. The Kier molecular flexibility index (Phi) is 5.95. The van der Waals surface area contributed by atoms with Crippen LogP contribution >= 0.6 is 0 Å². The molecule has 0 spiro atoms. The summed E-state index contributed by atoms with van der Waals surface area (Å²) in [5, 5.41) is 2.25. The third-order valence-corrected chi connectivity index (χ3v) is 11.2. The Balaban J connectivity index is 1.16. The van der Waals surface area contributed by atoms with Gasteiger partial charge in [0.05, 0.1) is 60.9 Å². The van der Waals surface area contributed by atoms with Crippen LogP contribution in [-0.2, 0) is 0 Å². The molecule has 266 valence electrons. The number of hydrogen-bond acceptors (Lipinski definition) is 5. The Bertz CT molecular complexity index is 3730. The Hall–Kier alpha value is -8.11. The highest BCUT2D eigenvalue weighted by Gasteiger charge is 2.25. The Labute approximate surface area is 322 Å². The molecule has 0 bridgehead atoms. The second-order valence-corrected chi connectivity index (χ2v) is 14.3. The van der Waals surface area contributed by atoms with E-state index in [4.69, 9.17) is 24.9 Å². The summed E-state index contributed by atoms with van der Waals surface area (Å²) in [5.41, 5.74) is 11.7. The van der Waals surface area contributed by atoms with E-state index >= 15 is 0 Å². The molecule has 0 fully saturated rings. The van der Waals surface area contributed by atoms with Crippen molar-refractivity contribution in [3.05, 3.63) is 170 Å². The minimum Gasteiger partial charge on any atom is -0.278 e. The highest BCUT2D eigenvalue weighted by molar-refractivity contribution is 6.09. The van der Waals surface area contributed by atoms with E-state index in [0.717, 1.165) is 88.7 Å². The van der Waals surface area contributed by atoms with Gasteiger partial charge in [-0.15, -0.1) is 0 Å². The summed E-state index contributed by atoms with van der Waals surface area (Å²) >= 11 is 0. The highest BCUT2D eigenvalue weighted by Crippen LogP contribution is 2.36. The maximum atomic E-state index is 5.39. The van der Waals surface area contributed by atoms with Gasteiger partial charge >= 0.3 is 0 Å². The predicted molar refractivity (Wildman–Crippen MR) is 226 cm³/mol. The number of imidazole rings is 4. The van der Waals surface area contributed by atoms with Crippen LogP contribution in [0.25, 0.3) is 106 Å². The minimum atomic E-state index is 0.460. The Morgan fingerprint density at radius 1 is 0.298 bits per heavy atom. The van der Waals surface area contributed by atoms with Crippen molar-refractivity contribution in [2.75, 3.05) is 0 Å². The van der Waals surface area contributed by atoms with Crippen LogP contribution in [0.2, 0.25) is 0 Å². The van der Waals surface area contributed by atoms with Crippen LogP contribution in [0.4, 0.5) is 0 Å². The van der Waals surface area contributed by atoms with Crippen LogP contribution in [-0.4, -0.2) is 47.4 Å². The van der Waals surface area contributed by atoms with Crippen LogP contribution in [0.5, 0.6) is 0 Å². The molecule has 0 atom stereocenters. The van der Waals surface area contributed by atoms with E-state index in [1.165, 1.54) is 0 Å². The third-order valence-electron chi connectivity index (χ3n) is 11.2. The molecular weight excluding hydrogens is 705 g/mol.